The zero-order valence-corrected chi connectivity index (χ0v) is 13.5. The van der Waals surface area contributed by atoms with Crippen LogP contribution in [0, 0.1) is 0 Å². The molecule has 0 aliphatic heterocycles. The van der Waals surface area contributed by atoms with Gasteiger partial charge in [0.2, 0.25) is 0 Å². The van der Waals surface area contributed by atoms with Gasteiger partial charge < -0.3 is 4.74 Å². The molecule has 3 aromatic rings. The van der Waals surface area contributed by atoms with Gasteiger partial charge in [0.15, 0.2) is 5.03 Å². The van der Waals surface area contributed by atoms with Crippen LogP contribution in [0.2, 0.25) is 0 Å². The molecule has 0 aliphatic carbocycles. The Labute approximate surface area is 138 Å². The van der Waals surface area contributed by atoms with Crippen LogP contribution in [-0.4, -0.2) is 16.7 Å². The fourth-order valence-electron chi connectivity index (χ4n) is 2.16. The zero-order valence-electron chi connectivity index (χ0n) is 12.7. The van der Waals surface area contributed by atoms with E-state index in [2.05, 4.69) is 4.98 Å². The van der Waals surface area contributed by atoms with Crippen molar-refractivity contribution in [2.24, 2.45) is 0 Å². The Kier molecular flexibility index (Phi) is 4.78. The monoisotopic (exact) mass is 324 g/mol. The third-order valence-electron chi connectivity index (χ3n) is 3.38. The molecule has 0 N–H and O–H groups in total. The number of nitrogens with zero attached hydrogens (tertiary/aromatic N) is 2. The van der Waals surface area contributed by atoms with E-state index in [1.807, 2.05) is 54.6 Å². The molecule has 0 saturated carbocycles. The van der Waals surface area contributed by atoms with Crippen LogP contribution in [0.25, 0.3) is 5.69 Å². The van der Waals surface area contributed by atoms with Crippen molar-refractivity contribution in [1.82, 2.24) is 9.55 Å². The maximum atomic E-state index is 12.6. The Morgan fingerprint density at radius 3 is 2.52 bits per heavy atom. The summed E-state index contributed by atoms with van der Waals surface area (Å²) in [5, 5.41) is 0.493. The average molecular weight is 324 g/mol. The molecular weight excluding hydrogens is 308 g/mol. The Hall–Kier alpha value is -2.53. The van der Waals surface area contributed by atoms with Gasteiger partial charge in [0.1, 0.15) is 5.75 Å². The minimum Gasteiger partial charge on any atom is -0.497 e. The van der Waals surface area contributed by atoms with Crippen LogP contribution in [-0.2, 0) is 5.75 Å². The Morgan fingerprint density at radius 1 is 1.09 bits per heavy atom. The van der Waals surface area contributed by atoms with Gasteiger partial charge in [-0.2, -0.15) is 0 Å². The number of benzene rings is 2. The summed E-state index contributed by atoms with van der Waals surface area (Å²) in [6, 6.07) is 17.4. The van der Waals surface area contributed by atoms with E-state index in [4.69, 9.17) is 4.74 Å². The van der Waals surface area contributed by atoms with Crippen LogP contribution >= 0.6 is 11.8 Å². The molecule has 0 aliphatic rings. The van der Waals surface area contributed by atoms with Gasteiger partial charge >= 0.3 is 0 Å². The molecule has 5 heteroatoms. The molecule has 0 fully saturated rings. The zero-order chi connectivity index (χ0) is 16.1. The minimum absolute atomic E-state index is 0.112. The Balaban J connectivity index is 1.84. The van der Waals surface area contributed by atoms with Crippen LogP contribution in [0.4, 0.5) is 0 Å². The number of thioether (sulfide) groups is 1. The molecule has 0 unspecified atom stereocenters. The van der Waals surface area contributed by atoms with Crippen molar-refractivity contribution in [3.8, 4) is 11.4 Å². The second kappa shape index (κ2) is 7.15. The second-order valence-electron chi connectivity index (χ2n) is 4.88. The molecule has 0 saturated heterocycles. The van der Waals surface area contributed by atoms with Gasteiger partial charge in [0, 0.05) is 23.8 Å². The third-order valence-corrected chi connectivity index (χ3v) is 4.41. The van der Waals surface area contributed by atoms with E-state index in [0.717, 1.165) is 17.2 Å². The quantitative estimate of drug-likeness (QED) is 0.674. The van der Waals surface area contributed by atoms with E-state index in [9.17, 15) is 4.79 Å². The van der Waals surface area contributed by atoms with Gasteiger partial charge in [-0.1, -0.05) is 42.1 Å². The maximum absolute atomic E-state index is 12.6. The van der Waals surface area contributed by atoms with E-state index in [1.54, 1.807) is 24.1 Å². The maximum Gasteiger partial charge on any atom is 0.287 e. The Morgan fingerprint density at radius 2 is 1.83 bits per heavy atom. The lowest BCUT2D eigenvalue weighted by molar-refractivity contribution is 0.414. The molecule has 0 radical (unpaired) electrons. The second-order valence-corrected chi connectivity index (χ2v) is 5.84. The lowest BCUT2D eigenvalue weighted by Crippen LogP contribution is -2.20. The molecule has 2 aromatic carbocycles. The summed E-state index contributed by atoms with van der Waals surface area (Å²) < 4.78 is 6.74. The lowest BCUT2D eigenvalue weighted by Gasteiger charge is -2.08. The number of hydrogen-bond donors (Lipinski definition) is 0. The van der Waals surface area contributed by atoms with E-state index in [1.165, 1.54) is 17.3 Å². The SMILES string of the molecule is COc1ccc(-n2ccnc(SCc3ccccc3)c2=O)cc1. The fourth-order valence-corrected chi connectivity index (χ4v) is 3.02. The summed E-state index contributed by atoms with van der Waals surface area (Å²) >= 11 is 1.45. The molecular formula is C18H16N2O2S. The van der Waals surface area contributed by atoms with E-state index < -0.39 is 0 Å². The van der Waals surface area contributed by atoms with Gasteiger partial charge in [0.05, 0.1) is 7.11 Å². The van der Waals surface area contributed by atoms with Crippen molar-refractivity contribution < 1.29 is 4.74 Å². The molecule has 116 valence electrons. The molecule has 0 spiro atoms. The normalized spacial score (nSPS) is 10.5. The largest absolute Gasteiger partial charge is 0.497 e. The van der Waals surface area contributed by atoms with Crippen molar-refractivity contribution in [2.45, 2.75) is 10.8 Å². The number of methoxy groups -OCH3 is 1. The first-order valence-corrected chi connectivity index (χ1v) is 8.15. The van der Waals surface area contributed by atoms with Gasteiger partial charge in [-0.3, -0.25) is 9.36 Å². The summed E-state index contributed by atoms with van der Waals surface area (Å²) in [5.41, 5.74) is 1.84. The lowest BCUT2D eigenvalue weighted by atomic mass is 10.2. The van der Waals surface area contributed by atoms with Crippen LogP contribution in [0.3, 0.4) is 0 Å². The van der Waals surface area contributed by atoms with Crippen molar-refractivity contribution in [2.75, 3.05) is 7.11 Å². The van der Waals surface area contributed by atoms with Gasteiger partial charge in [0.25, 0.3) is 5.56 Å². The van der Waals surface area contributed by atoms with E-state index in [0.29, 0.717) is 5.03 Å². The van der Waals surface area contributed by atoms with Crippen molar-refractivity contribution in [3.63, 3.8) is 0 Å². The third kappa shape index (κ3) is 3.63. The predicted octanol–water partition coefficient (Wildman–Crippen LogP) is 3.53. The van der Waals surface area contributed by atoms with Crippen LogP contribution < -0.4 is 10.3 Å². The van der Waals surface area contributed by atoms with Crippen molar-refractivity contribution in [3.05, 3.63) is 82.9 Å². The first-order valence-electron chi connectivity index (χ1n) is 7.17. The number of rotatable bonds is 5. The van der Waals surface area contributed by atoms with E-state index >= 15 is 0 Å². The van der Waals surface area contributed by atoms with Crippen LogP contribution in [0.5, 0.6) is 5.75 Å². The number of ether oxygens (including phenoxy) is 1. The van der Waals surface area contributed by atoms with Crippen LogP contribution in [0.15, 0.2) is 76.8 Å². The molecule has 1 heterocycles. The smallest absolute Gasteiger partial charge is 0.287 e. The average Bonchev–Trinajstić information content (AvgIpc) is 2.62. The van der Waals surface area contributed by atoms with Gasteiger partial charge in [-0.15, -0.1) is 0 Å². The first-order chi connectivity index (χ1) is 11.3. The molecule has 0 atom stereocenters. The molecule has 0 bridgehead atoms. The molecule has 4 nitrogen and oxygen atoms in total. The van der Waals surface area contributed by atoms with Gasteiger partial charge in [-0.25, -0.2) is 4.98 Å². The molecule has 23 heavy (non-hydrogen) atoms. The summed E-state index contributed by atoms with van der Waals surface area (Å²) in [7, 11) is 1.62. The highest BCUT2D eigenvalue weighted by molar-refractivity contribution is 7.98. The molecule has 1 aromatic heterocycles. The minimum atomic E-state index is -0.112. The number of hydrogen-bond acceptors (Lipinski definition) is 4. The molecule has 0 amide bonds. The van der Waals surface area contributed by atoms with Crippen LogP contribution in [0.1, 0.15) is 5.56 Å². The Bertz CT molecular complexity index is 830. The van der Waals surface area contributed by atoms with E-state index in [-0.39, 0.29) is 5.56 Å². The predicted molar refractivity (Wildman–Crippen MR) is 92.4 cm³/mol. The fraction of sp³-hybridized carbons (Fsp3) is 0.111. The summed E-state index contributed by atoms with van der Waals surface area (Å²) in [6.07, 6.45) is 3.33. The summed E-state index contributed by atoms with van der Waals surface area (Å²) in [5.74, 6) is 1.48. The first kappa shape index (κ1) is 15.4. The highest BCUT2D eigenvalue weighted by atomic mass is 32.2. The number of aromatic nitrogens is 2. The van der Waals surface area contributed by atoms with Crippen molar-refractivity contribution >= 4 is 11.8 Å². The highest BCUT2D eigenvalue weighted by Gasteiger charge is 2.07. The van der Waals surface area contributed by atoms with Crippen molar-refractivity contribution in [1.29, 1.82) is 0 Å². The molecule has 3 rings (SSSR count). The van der Waals surface area contributed by atoms with Gasteiger partial charge in [-0.05, 0) is 29.8 Å². The summed E-state index contributed by atoms with van der Waals surface area (Å²) in [6.45, 7) is 0. The topological polar surface area (TPSA) is 44.1 Å². The summed E-state index contributed by atoms with van der Waals surface area (Å²) in [4.78, 5) is 16.8. The highest BCUT2D eigenvalue weighted by Crippen LogP contribution is 2.18. The standard InChI is InChI=1S/C18H16N2O2S/c1-22-16-9-7-15(8-10-16)20-12-11-19-17(18(20)21)23-13-14-5-3-2-4-6-14/h2-12H,13H2,1H3.